The highest BCUT2D eigenvalue weighted by molar-refractivity contribution is 7.19. The minimum atomic E-state index is -0.583. The Hall–Kier alpha value is -3.04. The van der Waals surface area contributed by atoms with E-state index in [1.807, 2.05) is 47.0 Å². The molecule has 158 valence electrons. The van der Waals surface area contributed by atoms with Gasteiger partial charge in [-0.3, -0.25) is 9.59 Å². The molecule has 9 heteroatoms. The quantitative estimate of drug-likeness (QED) is 0.489. The highest BCUT2D eigenvalue weighted by Gasteiger charge is 2.29. The lowest BCUT2D eigenvalue weighted by molar-refractivity contribution is -0.128. The van der Waals surface area contributed by atoms with E-state index in [0.717, 1.165) is 28.1 Å². The van der Waals surface area contributed by atoms with E-state index in [9.17, 15) is 9.90 Å². The zero-order chi connectivity index (χ0) is 21.5. The summed E-state index contributed by atoms with van der Waals surface area (Å²) < 4.78 is 2.97. The van der Waals surface area contributed by atoms with Crippen LogP contribution in [0.1, 0.15) is 29.8 Å². The SMILES string of the molecule is Cn1ccnc1C(O)C1CCN(C(=O)C=Cc2nc3ccccc3s2)CC1.O=CO. The van der Waals surface area contributed by atoms with Crippen molar-refractivity contribution in [3.8, 4) is 0 Å². The smallest absolute Gasteiger partial charge is 0.290 e. The number of hydrogen-bond donors (Lipinski definition) is 2. The van der Waals surface area contributed by atoms with E-state index < -0.39 is 6.10 Å². The van der Waals surface area contributed by atoms with Crippen LogP contribution in [-0.2, 0) is 16.6 Å². The van der Waals surface area contributed by atoms with Crippen LogP contribution < -0.4 is 0 Å². The number of carbonyl (C=O) groups excluding carboxylic acids is 1. The number of fused-ring (bicyclic) bond motifs is 1. The number of aromatic nitrogens is 3. The third-order valence-electron chi connectivity index (χ3n) is 5.10. The molecule has 3 aromatic rings. The van der Waals surface area contributed by atoms with Gasteiger partial charge >= 0.3 is 0 Å². The lowest BCUT2D eigenvalue weighted by Gasteiger charge is -2.33. The van der Waals surface area contributed by atoms with Gasteiger partial charge in [0.15, 0.2) is 0 Å². The van der Waals surface area contributed by atoms with Crippen LogP contribution in [0.25, 0.3) is 16.3 Å². The largest absolute Gasteiger partial charge is 0.483 e. The Kier molecular flexibility index (Phi) is 7.31. The monoisotopic (exact) mass is 428 g/mol. The minimum absolute atomic E-state index is 0.000752. The fraction of sp³-hybridized carbons (Fsp3) is 0.333. The first kappa shape index (κ1) is 21.7. The first-order valence-corrected chi connectivity index (χ1v) is 10.4. The summed E-state index contributed by atoms with van der Waals surface area (Å²) in [5.74, 6) is 0.818. The highest BCUT2D eigenvalue weighted by atomic mass is 32.1. The Bertz CT molecular complexity index is 988. The van der Waals surface area contributed by atoms with Gasteiger partial charge in [0.1, 0.15) is 16.9 Å². The first-order chi connectivity index (χ1) is 14.5. The molecule has 1 aliphatic heterocycles. The van der Waals surface area contributed by atoms with Gasteiger partial charge < -0.3 is 19.7 Å². The summed E-state index contributed by atoms with van der Waals surface area (Å²) in [6.07, 6.45) is 7.90. The molecule has 0 saturated carbocycles. The molecule has 1 unspecified atom stereocenters. The van der Waals surface area contributed by atoms with Crippen LogP contribution in [0.5, 0.6) is 0 Å². The number of thiazole rings is 1. The number of rotatable bonds is 4. The number of aliphatic hydroxyl groups is 1. The molecule has 1 fully saturated rings. The maximum Gasteiger partial charge on any atom is 0.290 e. The van der Waals surface area contributed by atoms with Crippen molar-refractivity contribution < 1.29 is 19.8 Å². The Morgan fingerprint density at radius 1 is 1.30 bits per heavy atom. The standard InChI is InChI=1S/C20H22N4O2S.CH2O2/c1-23-13-10-21-20(23)19(26)14-8-11-24(12-9-14)18(25)7-6-17-22-15-4-2-3-5-16(15)27-17;2-1-3/h2-7,10,13-14,19,26H,8-9,11-12H2,1H3;1H,(H,2,3). The summed E-state index contributed by atoms with van der Waals surface area (Å²) in [5, 5.41) is 18.3. The number of imidazole rings is 1. The summed E-state index contributed by atoms with van der Waals surface area (Å²) in [7, 11) is 1.89. The predicted octanol–water partition coefficient (Wildman–Crippen LogP) is 2.72. The molecule has 1 saturated heterocycles. The zero-order valence-electron chi connectivity index (χ0n) is 16.6. The molecular weight excluding hydrogens is 404 g/mol. The lowest BCUT2D eigenvalue weighted by Crippen LogP contribution is -2.39. The van der Waals surface area contributed by atoms with E-state index >= 15 is 0 Å². The van der Waals surface area contributed by atoms with Crippen molar-refractivity contribution in [3.05, 3.63) is 53.6 Å². The van der Waals surface area contributed by atoms with E-state index in [1.54, 1.807) is 29.7 Å². The first-order valence-electron chi connectivity index (χ1n) is 9.59. The number of amides is 1. The number of nitrogens with zero attached hydrogens (tertiary/aromatic N) is 4. The summed E-state index contributed by atoms with van der Waals surface area (Å²) in [6.45, 7) is 1.05. The Balaban J connectivity index is 0.000000806. The lowest BCUT2D eigenvalue weighted by atomic mass is 9.90. The van der Waals surface area contributed by atoms with Gasteiger partial charge in [0.2, 0.25) is 5.91 Å². The number of hydrogen-bond acceptors (Lipinski definition) is 6. The molecule has 0 aliphatic carbocycles. The highest BCUT2D eigenvalue weighted by Crippen LogP contribution is 2.30. The molecule has 4 rings (SSSR count). The minimum Gasteiger partial charge on any atom is -0.483 e. The van der Waals surface area contributed by atoms with Gasteiger partial charge in [-0.2, -0.15) is 0 Å². The summed E-state index contributed by atoms with van der Waals surface area (Å²) in [4.78, 5) is 31.4. The van der Waals surface area contributed by atoms with Crippen LogP contribution in [0.2, 0.25) is 0 Å². The maximum atomic E-state index is 12.5. The predicted molar refractivity (Wildman–Crippen MR) is 115 cm³/mol. The molecule has 2 aromatic heterocycles. The molecule has 1 aliphatic rings. The van der Waals surface area contributed by atoms with Crippen molar-refractivity contribution in [1.82, 2.24) is 19.4 Å². The van der Waals surface area contributed by atoms with Crippen LogP contribution in [0, 0.1) is 5.92 Å². The van der Waals surface area contributed by atoms with Gasteiger partial charge in [-0.25, -0.2) is 9.97 Å². The second-order valence-corrected chi connectivity index (χ2v) is 8.02. The van der Waals surface area contributed by atoms with E-state index in [4.69, 9.17) is 9.90 Å². The maximum absolute atomic E-state index is 12.5. The average Bonchev–Trinajstić information content (AvgIpc) is 3.37. The summed E-state index contributed by atoms with van der Waals surface area (Å²) >= 11 is 1.58. The Labute approximate surface area is 178 Å². The molecule has 3 heterocycles. The molecule has 0 radical (unpaired) electrons. The number of para-hydroxylation sites is 1. The van der Waals surface area contributed by atoms with Gasteiger partial charge in [-0.1, -0.05) is 12.1 Å². The van der Waals surface area contributed by atoms with Gasteiger partial charge in [0.25, 0.3) is 6.47 Å². The van der Waals surface area contributed by atoms with Crippen molar-refractivity contribution in [1.29, 1.82) is 0 Å². The van der Waals surface area contributed by atoms with Crippen molar-refractivity contribution in [2.24, 2.45) is 13.0 Å². The molecule has 2 N–H and O–H groups in total. The van der Waals surface area contributed by atoms with Crippen molar-refractivity contribution in [2.75, 3.05) is 13.1 Å². The molecule has 1 atom stereocenters. The number of benzene rings is 1. The summed E-state index contributed by atoms with van der Waals surface area (Å²) in [6, 6.07) is 7.96. The van der Waals surface area contributed by atoms with E-state index in [0.29, 0.717) is 18.9 Å². The number of aliphatic hydroxyl groups excluding tert-OH is 1. The van der Waals surface area contributed by atoms with Crippen molar-refractivity contribution in [2.45, 2.75) is 18.9 Å². The molecule has 1 amide bonds. The third kappa shape index (κ3) is 5.11. The van der Waals surface area contributed by atoms with Crippen LogP contribution in [0.4, 0.5) is 0 Å². The van der Waals surface area contributed by atoms with Gasteiger partial charge in [-0.05, 0) is 37.0 Å². The molecule has 1 aromatic carbocycles. The van der Waals surface area contributed by atoms with Crippen LogP contribution in [-0.4, -0.2) is 55.1 Å². The number of aryl methyl sites for hydroxylation is 1. The number of carbonyl (C=O) groups is 2. The van der Waals surface area contributed by atoms with Gasteiger partial charge in [-0.15, -0.1) is 11.3 Å². The fourth-order valence-electron chi connectivity index (χ4n) is 3.52. The molecule has 8 nitrogen and oxygen atoms in total. The molecular formula is C21H24N4O4S. The topological polar surface area (TPSA) is 109 Å². The van der Waals surface area contributed by atoms with Crippen LogP contribution in [0.3, 0.4) is 0 Å². The number of carboxylic acid groups (broad SMARTS) is 1. The van der Waals surface area contributed by atoms with Gasteiger partial charge in [0, 0.05) is 38.6 Å². The number of likely N-dealkylation sites (tertiary alicyclic amines) is 1. The Morgan fingerprint density at radius 2 is 2.00 bits per heavy atom. The van der Waals surface area contributed by atoms with E-state index in [1.165, 1.54) is 0 Å². The second-order valence-electron chi connectivity index (χ2n) is 6.96. The van der Waals surface area contributed by atoms with Gasteiger partial charge in [0.05, 0.1) is 10.2 Å². The molecule has 0 bridgehead atoms. The third-order valence-corrected chi connectivity index (χ3v) is 6.10. The zero-order valence-corrected chi connectivity index (χ0v) is 17.4. The van der Waals surface area contributed by atoms with E-state index in [2.05, 4.69) is 9.97 Å². The number of piperidine rings is 1. The van der Waals surface area contributed by atoms with E-state index in [-0.39, 0.29) is 18.3 Å². The molecule has 30 heavy (non-hydrogen) atoms. The molecule has 0 spiro atoms. The second kappa shape index (κ2) is 10.1. The average molecular weight is 429 g/mol. The normalized spacial score (nSPS) is 15.7. The van der Waals surface area contributed by atoms with Crippen molar-refractivity contribution >= 4 is 40.0 Å². The van der Waals surface area contributed by atoms with Crippen molar-refractivity contribution in [3.63, 3.8) is 0 Å². The Morgan fingerprint density at radius 3 is 2.63 bits per heavy atom. The van der Waals surface area contributed by atoms with Crippen LogP contribution in [0.15, 0.2) is 42.7 Å². The fourth-order valence-corrected chi connectivity index (χ4v) is 4.39. The van der Waals surface area contributed by atoms with Crippen LogP contribution >= 0.6 is 11.3 Å². The summed E-state index contributed by atoms with van der Waals surface area (Å²) in [5.41, 5.74) is 0.957.